The zero-order chi connectivity index (χ0) is 19.1. The Kier molecular flexibility index (Phi) is 6.35. The highest BCUT2D eigenvalue weighted by molar-refractivity contribution is 5.40. The highest BCUT2D eigenvalue weighted by atomic mass is 19.1. The molecule has 0 aliphatic carbocycles. The summed E-state index contributed by atoms with van der Waals surface area (Å²) in [5.41, 5.74) is 5.92. The van der Waals surface area contributed by atoms with Crippen molar-refractivity contribution in [2.75, 3.05) is 0 Å². The van der Waals surface area contributed by atoms with Crippen LogP contribution in [0.15, 0.2) is 66.7 Å². The van der Waals surface area contributed by atoms with Crippen molar-refractivity contribution < 1.29 is 24.3 Å². The molecule has 3 aromatic carbocycles. The standard InChI is InChI=1S/C20H19FN2O4/c21-16-9-19(26-17-5-1-14(2-6-17)12-22-24)11-20(10-16)27-18-7-3-15(4-8-18)13-23-25/h1-11,22-25H,12-13H2. The van der Waals surface area contributed by atoms with E-state index in [1.165, 1.54) is 12.1 Å². The fourth-order valence-corrected chi connectivity index (χ4v) is 2.46. The summed E-state index contributed by atoms with van der Waals surface area (Å²) in [5, 5.41) is 17.4. The number of ether oxygens (including phenoxy) is 2. The molecule has 0 radical (unpaired) electrons. The van der Waals surface area contributed by atoms with Gasteiger partial charge in [0.25, 0.3) is 0 Å². The average Bonchev–Trinajstić information content (AvgIpc) is 2.65. The Hall–Kier alpha value is -2.97. The molecular weight excluding hydrogens is 351 g/mol. The van der Waals surface area contributed by atoms with Crippen molar-refractivity contribution in [2.24, 2.45) is 0 Å². The van der Waals surface area contributed by atoms with Crippen LogP contribution in [0.25, 0.3) is 0 Å². The fraction of sp³-hybridized carbons (Fsp3) is 0.100. The minimum absolute atomic E-state index is 0.305. The molecule has 0 saturated carbocycles. The fourth-order valence-electron chi connectivity index (χ4n) is 2.46. The van der Waals surface area contributed by atoms with E-state index in [9.17, 15) is 4.39 Å². The van der Waals surface area contributed by atoms with Gasteiger partial charge in [0.2, 0.25) is 0 Å². The number of halogens is 1. The predicted molar refractivity (Wildman–Crippen MR) is 96.7 cm³/mol. The monoisotopic (exact) mass is 370 g/mol. The Bertz CT molecular complexity index is 800. The van der Waals surface area contributed by atoms with Crippen LogP contribution in [0.1, 0.15) is 11.1 Å². The van der Waals surface area contributed by atoms with Crippen molar-refractivity contribution >= 4 is 0 Å². The molecule has 0 aliphatic rings. The molecule has 3 rings (SSSR count). The van der Waals surface area contributed by atoms with Crippen LogP contribution in [-0.4, -0.2) is 10.4 Å². The third-order valence-electron chi connectivity index (χ3n) is 3.73. The van der Waals surface area contributed by atoms with Crippen LogP contribution >= 0.6 is 0 Å². The van der Waals surface area contributed by atoms with E-state index in [1.807, 2.05) is 0 Å². The van der Waals surface area contributed by atoms with E-state index in [-0.39, 0.29) is 0 Å². The van der Waals surface area contributed by atoms with Gasteiger partial charge in [-0.3, -0.25) is 0 Å². The van der Waals surface area contributed by atoms with Gasteiger partial charge in [-0.2, -0.15) is 0 Å². The molecule has 0 amide bonds. The zero-order valence-electron chi connectivity index (χ0n) is 14.4. The summed E-state index contributed by atoms with van der Waals surface area (Å²) >= 11 is 0. The molecular formula is C20H19FN2O4. The molecule has 7 heteroatoms. The van der Waals surface area contributed by atoms with Crippen LogP contribution in [0.4, 0.5) is 4.39 Å². The van der Waals surface area contributed by atoms with E-state index < -0.39 is 5.82 Å². The molecule has 4 N–H and O–H groups in total. The van der Waals surface area contributed by atoms with Gasteiger partial charge in [-0.05, 0) is 35.4 Å². The lowest BCUT2D eigenvalue weighted by atomic mass is 10.2. The van der Waals surface area contributed by atoms with E-state index in [4.69, 9.17) is 19.9 Å². The molecule has 0 spiro atoms. The van der Waals surface area contributed by atoms with Crippen LogP contribution in [0.5, 0.6) is 23.0 Å². The summed E-state index contributed by atoms with van der Waals surface area (Å²) in [5.74, 6) is 1.20. The highest BCUT2D eigenvalue weighted by Crippen LogP contribution is 2.30. The van der Waals surface area contributed by atoms with Crippen molar-refractivity contribution in [3.63, 3.8) is 0 Å². The Balaban J connectivity index is 1.71. The number of rotatable bonds is 8. The topological polar surface area (TPSA) is 83.0 Å². The third-order valence-corrected chi connectivity index (χ3v) is 3.73. The molecule has 0 aliphatic heterocycles. The second-order valence-corrected chi connectivity index (χ2v) is 5.78. The zero-order valence-corrected chi connectivity index (χ0v) is 14.4. The number of benzene rings is 3. The second kappa shape index (κ2) is 9.11. The SMILES string of the molecule is ONCc1ccc(Oc2cc(F)cc(Oc3ccc(CNO)cc3)c2)cc1. The summed E-state index contributed by atoms with van der Waals surface area (Å²) in [6.45, 7) is 0.650. The Morgan fingerprint density at radius 2 is 1.04 bits per heavy atom. The molecule has 0 unspecified atom stereocenters. The van der Waals surface area contributed by atoms with Gasteiger partial charge in [-0.15, -0.1) is 0 Å². The predicted octanol–water partition coefficient (Wildman–Crippen LogP) is 4.37. The molecule has 0 fully saturated rings. The van der Waals surface area contributed by atoms with Crippen molar-refractivity contribution in [1.82, 2.24) is 11.0 Å². The first-order valence-electron chi connectivity index (χ1n) is 8.24. The maximum absolute atomic E-state index is 13.9. The molecule has 0 aromatic heterocycles. The molecule has 27 heavy (non-hydrogen) atoms. The number of hydrogen-bond acceptors (Lipinski definition) is 6. The van der Waals surface area contributed by atoms with Gasteiger partial charge in [0, 0.05) is 31.3 Å². The maximum Gasteiger partial charge on any atom is 0.134 e. The number of hydrogen-bond donors (Lipinski definition) is 4. The van der Waals surface area contributed by atoms with Gasteiger partial charge in [0.05, 0.1) is 0 Å². The number of hydroxylamine groups is 2. The minimum atomic E-state index is -0.482. The first kappa shape index (κ1) is 18.8. The summed E-state index contributed by atoms with van der Waals surface area (Å²) in [7, 11) is 0. The van der Waals surface area contributed by atoms with Crippen molar-refractivity contribution in [1.29, 1.82) is 0 Å². The van der Waals surface area contributed by atoms with Crippen molar-refractivity contribution in [3.05, 3.63) is 83.7 Å². The Morgan fingerprint density at radius 1 is 0.630 bits per heavy atom. The van der Waals surface area contributed by atoms with Crippen LogP contribution in [0, 0.1) is 5.82 Å². The van der Waals surface area contributed by atoms with Gasteiger partial charge < -0.3 is 19.9 Å². The molecule has 140 valence electrons. The lowest BCUT2D eigenvalue weighted by Gasteiger charge is -2.11. The average molecular weight is 370 g/mol. The van der Waals surface area contributed by atoms with Gasteiger partial charge in [-0.1, -0.05) is 24.3 Å². The quantitative estimate of drug-likeness (QED) is 0.441. The van der Waals surface area contributed by atoms with E-state index in [0.29, 0.717) is 36.1 Å². The largest absolute Gasteiger partial charge is 0.457 e. The molecule has 0 atom stereocenters. The smallest absolute Gasteiger partial charge is 0.134 e. The molecule has 0 heterocycles. The Labute approximate surface area is 155 Å². The van der Waals surface area contributed by atoms with Gasteiger partial charge >= 0.3 is 0 Å². The van der Waals surface area contributed by atoms with E-state index in [2.05, 4.69) is 11.0 Å². The van der Waals surface area contributed by atoms with Crippen LogP contribution < -0.4 is 20.4 Å². The molecule has 3 aromatic rings. The van der Waals surface area contributed by atoms with E-state index in [1.54, 1.807) is 54.6 Å². The first-order valence-corrected chi connectivity index (χ1v) is 8.24. The van der Waals surface area contributed by atoms with Crippen LogP contribution in [-0.2, 0) is 13.1 Å². The molecule has 0 bridgehead atoms. The van der Waals surface area contributed by atoms with E-state index in [0.717, 1.165) is 11.1 Å². The second-order valence-electron chi connectivity index (χ2n) is 5.78. The molecule has 6 nitrogen and oxygen atoms in total. The molecule has 0 saturated heterocycles. The lowest BCUT2D eigenvalue weighted by molar-refractivity contribution is 0.161. The van der Waals surface area contributed by atoms with Crippen LogP contribution in [0.3, 0.4) is 0 Å². The minimum Gasteiger partial charge on any atom is -0.457 e. The van der Waals surface area contributed by atoms with Crippen LogP contribution in [0.2, 0.25) is 0 Å². The third kappa shape index (κ3) is 5.50. The number of nitrogens with one attached hydrogen (secondary N) is 2. The first-order chi connectivity index (χ1) is 13.2. The van der Waals surface area contributed by atoms with E-state index >= 15 is 0 Å². The van der Waals surface area contributed by atoms with Gasteiger partial charge in [0.1, 0.15) is 28.8 Å². The maximum atomic E-state index is 13.9. The summed E-state index contributed by atoms with van der Waals surface area (Å²) in [6, 6.07) is 18.2. The lowest BCUT2D eigenvalue weighted by Crippen LogP contribution is -2.05. The van der Waals surface area contributed by atoms with Gasteiger partial charge in [0.15, 0.2) is 0 Å². The summed E-state index contributed by atoms with van der Waals surface area (Å²) in [4.78, 5) is 0. The van der Waals surface area contributed by atoms with Crippen molar-refractivity contribution in [3.8, 4) is 23.0 Å². The summed E-state index contributed by atoms with van der Waals surface area (Å²) in [6.07, 6.45) is 0. The summed E-state index contributed by atoms with van der Waals surface area (Å²) < 4.78 is 25.3. The van der Waals surface area contributed by atoms with Crippen molar-refractivity contribution in [2.45, 2.75) is 13.1 Å². The highest BCUT2D eigenvalue weighted by Gasteiger charge is 2.06. The Morgan fingerprint density at radius 3 is 1.41 bits per heavy atom. The normalized spacial score (nSPS) is 10.6. The van der Waals surface area contributed by atoms with Gasteiger partial charge in [-0.25, -0.2) is 15.4 Å².